The maximum absolute atomic E-state index is 12.5. The molecule has 0 saturated heterocycles. The minimum atomic E-state index is -3.69. The Labute approximate surface area is 145 Å². The first kappa shape index (κ1) is 16.8. The predicted molar refractivity (Wildman–Crippen MR) is 94.9 cm³/mol. The van der Waals surface area contributed by atoms with Gasteiger partial charge in [-0.05, 0) is 35.9 Å². The van der Waals surface area contributed by atoms with Gasteiger partial charge in [0.1, 0.15) is 10.6 Å². The standard InChI is InChI=1S/C17H17ClN2O3S/c1-20-11-12(14-9-13(23-2)7-8-16(14)20)10-19-24(21,22)17-6-4-3-5-15(17)18/h3-9,11,19H,10H2,1-2H3. The van der Waals surface area contributed by atoms with Crippen LogP contribution in [0.15, 0.2) is 53.6 Å². The Hall–Kier alpha value is -2.02. The number of ether oxygens (including phenoxy) is 1. The van der Waals surface area contributed by atoms with Crippen molar-refractivity contribution in [2.24, 2.45) is 7.05 Å². The number of fused-ring (bicyclic) bond motifs is 1. The molecule has 0 atom stereocenters. The van der Waals surface area contributed by atoms with Crippen LogP contribution in [-0.4, -0.2) is 20.1 Å². The lowest BCUT2D eigenvalue weighted by molar-refractivity contribution is 0.415. The van der Waals surface area contributed by atoms with Gasteiger partial charge in [0.2, 0.25) is 10.0 Å². The SMILES string of the molecule is COc1ccc2c(c1)c(CNS(=O)(=O)c1ccccc1Cl)cn2C. The highest BCUT2D eigenvalue weighted by Crippen LogP contribution is 2.26. The van der Waals surface area contributed by atoms with Crippen molar-refractivity contribution in [3.8, 4) is 5.75 Å². The average Bonchev–Trinajstić information content (AvgIpc) is 2.89. The van der Waals surface area contributed by atoms with Gasteiger partial charge in [0, 0.05) is 30.7 Å². The normalized spacial score (nSPS) is 11.8. The van der Waals surface area contributed by atoms with E-state index in [0.717, 1.165) is 22.2 Å². The molecule has 0 fully saturated rings. The van der Waals surface area contributed by atoms with E-state index in [0.29, 0.717) is 0 Å². The van der Waals surface area contributed by atoms with Crippen LogP contribution in [0.4, 0.5) is 0 Å². The van der Waals surface area contributed by atoms with E-state index in [4.69, 9.17) is 16.3 Å². The topological polar surface area (TPSA) is 60.3 Å². The van der Waals surface area contributed by atoms with E-state index in [1.54, 1.807) is 25.3 Å². The van der Waals surface area contributed by atoms with Crippen molar-refractivity contribution in [3.05, 3.63) is 59.2 Å². The van der Waals surface area contributed by atoms with Gasteiger partial charge in [-0.3, -0.25) is 0 Å². The number of methoxy groups -OCH3 is 1. The Kier molecular flexibility index (Phi) is 4.54. The van der Waals surface area contributed by atoms with Crippen LogP contribution in [0, 0.1) is 0 Å². The molecular weight excluding hydrogens is 348 g/mol. The molecule has 126 valence electrons. The van der Waals surface area contributed by atoms with Gasteiger partial charge in [-0.1, -0.05) is 23.7 Å². The van der Waals surface area contributed by atoms with Gasteiger partial charge < -0.3 is 9.30 Å². The van der Waals surface area contributed by atoms with Crippen LogP contribution in [0.5, 0.6) is 5.75 Å². The Bertz CT molecular complexity index is 996. The maximum Gasteiger partial charge on any atom is 0.242 e. The number of aromatic nitrogens is 1. The highest BCUT2D eigenvalue weighted by atomic mass is 35.5. The van der Waals surface area contributed by atoms with Crippen LogP contribution in [0.25, 0.3) is 10.9 Å². The zero-order valence-corrected chi connectivity index (χ0v) is 14.9. The molecule has 3 aromatic rings. The van der Waals surface area contributed by atoms with E-state index in [1.807, 2.05) is 36.0 Å². The summed E-state index contributed by atoms with van der Waals surface area (Å²) in [6.45, 7) is 0.165. The van der Waals surface area contributed by atoms with Crippen LogP contribution in [0.3, 0.4) is 0 Å². The van der Waals surface area contributed by atoms with Gasteiger partial charge in [-0.25, -0.2) is 13.1 Å². The van der Waals surface area contributed by atoms with Gasteiger partial charge in [0.05, 0.1) is 12.1 Å². The van der Waals surface area contributed by atoms with E-state index >= 15 is 0 Å². The fraction of sp³-hybridized carbons (Fsp3) is 0.176. The third-order valence-electron chi connectivity index (χ3n) is 3.86. The first-order valence-corrected chi connectivity index (χ1v) is 9.14. The minimum Gasteiger partial charge on any atom is -0.497 e. The van der Waals surface area contributed by atoms with Crippen molar-refractivity contribution >= 4 is 32.5 Å². The summed E-state index contributed by atoms with van der Waals surface area (Å²) in [5.41, 5.74) is 1.87. The molecular formula is C17H17ClN2O3S. The molecule has 1 heterocycles. The molecule has 0 amide bonds. The molecule has 0 unspecified atom stereocenters. The molecule has 7 heteroatoms. The Balaban J connectivity index is 1.92. The third kappa shape index (κ3) is 3.13. The quantitative estimate of drug-likeness (QED) is 0.755. The van der Waals surface area contributed by atoms with Gasteiger partial charge in [0.25, 0.3) is 0 Å². The number of hydrogen-bond acceptors (Lipinski definition) is 3. The third-order valence-corrected chi connectivity index (χ3v) is 5.76. The average molecular weight is 365 g/mol. The van der Waals surface area contributed by atoms with Crippen molar-refractivity contribution in [1.82, 2.24) is 9.29 Å². The van der Waals surface area contributed by atoms with Gasteiger partial charge in [-0.15, -0.1) is 0 Å². The molecule has 2 aromatic carbocycles. The van der Waals surface area contributed by atoms with Gasteiger partial charge in [-0.2, -0.15) is 0 Å². The van der Waals surface area contributed by atoms with Crippen molar-refractivity contribution < 1.29 is 13.2 Å². The molecule has 0 saturated carbocycles. The van der Waals surface area contributed by atoms with E-state index in [1.165, 1.54) is 6.07 Å². The second-order valence-corrected chi connectivity index (χ2v) is 7.55. The number of nitrogens with zero attached hydrogens (tertiary/aromatic N) is 1. The first-order valence-electron chi connectivity index (χ1n) is 7.28. The molecule has 0 aliphatic rings. The number of benzene rings is 2. The number of halogens is 1. The van der Waals surface area contributed by atoms with Crippen molar-refractivity contribution in [1.29, 1.82) is 0 Å². The lowest BCUT2D eigenvalue weighted by Crippen LogP contribution is -2.23. The van der Waals surface area contributed by atoms with Crippen molar-refractivity contribution in [2.75, 3.05) is 7.11 Å². The van der Waals surface area contributed by atoms with E-state index in [2.05, 4.69) is 4.72 Å². The van der Waals surface area contributed by atoms with E-state index in [-0.39, 0.29) is 16.5 Å². The second-order valence-electron chi connectivity index (χ2n) is 5.40. The minimum absolute atomic E-state index is 0.0736. The Morgan fingerprint density at radius 3 is 2.67 bits per heavy atom. The van der Waals surface area contributed by atoms with Crippen LogP contribution >= 0.6 is 11.6 Å². The maximum atomic E-state index is 12.5. The summed E-state index contributed by atoms with van der Waals surface area (Å²) < 4.78 is 34.7. The summed E-state index contributed by atoms with van der Waals surface area (Å²) in [4.78, 5) is 0.0736. The summed E-state index contributed by atoms with van der Waals surface area (Å²) in [5, 5.41) is 1.14. The lowest BCUT2D eigenvalue weighted by Gasteiger charge is -2.08. The summed E-state index contributed by atoms with van der Waals surface area (Å²) in [5.74, 6) is 0.726. The Morgan fingerprint density at radius 2 is 1.96 bits per heavy atom. The fourth-order valence-corrected chi connectivity index (χ4v) is 4.16. The van der Waals surface area contributed by atoms with Crippen LogP contribution < -0.4 is 9.46 Å². The van der Waals surface area contributed by atoms with E-state index < -0.39 is 10.0 Å². The summed E-state index contributed by atoms with van der Waals surface area (Å²) in [7, 11) is -0.168. The fourth-order valence-electron chi connectivity index (χ4n) is 2.63. The summed E-state index contributed by atoms with van der Waals surface area (Å²) in [6.07, 6.45) is 1.90. The summed E-state index contributed by atoms with van der Waals surface area (Å²) in [6, 6.07) is 12.1. The number of nitrogens with one attached hydrogen (secondary N) is 1. The molecule has 1 aromatic heterocycles. The zero-order chi connectivity index (χ0) is 17.3. The molecule has 24 heavy (non-hydrogen) atoms. The monoisotopic (exact) mass is 364 g/mol. The number of hydrogen-bond donors (Lipinski definition) is 1. The summed E-state index contributed by atoms with van der Waals surface area (Å²) >= 11 is 5.99. The molecule has 0 radical (unpaired) electrons. The van der Waals surface area contributed by atoms with Crippen LogP contribution in [-0.2, 0) is 23.6 Å². The molecule has 3 rings (SSSR count). The molecule has 1 N–H and O–H groups in total. The smallest absolute Gasteiger partial charge is 0.242 e. The highest BCUT2D eigenvalue weighted by molar-refractivity contribution is 7.89. The number of aryl methyl sites for hydroxylation is 1. The highest BCUT2D eigenvalue weighted by Gasteiger charge is 2.18. The molecule has 0 aliphatic carbocycles. The van der Waals surface area contributed by atoms with E-state index in [9.17, 15) is 8.42 Å². The van der Waals surface area contributed by atoms with Gasteiger partial charge >= 0.3 is 0 Å². The van der Waals surface area contributed by atoms with Crippen molar-refractivity contribution in [3.63, 3.8) is 0 Å². The molecule has 5 nitrogen and oxygen atoms in total. The van der Waals surface area contributed by atoms with Crippen molar-refractivity contribution in [2.45, 2.75) is 11.4 Å². The van der Waals surface area contributed by atoms with Crippen LogP contribution in [0.2, 0.25) is 5.02 Å². The van der Waals surface area contributed by atoms with Crippen LogP contribution in [0.1, 0.15) is 5.56 Å². The molecule has 0 spiro atoms. The molecule has 0 aliphatic heterocycles. The largest absolute Gasteiger partial charge is 0.497 e. The Morgan fingerprint density at radius 1 is 1.21 bits per heavy atom. The molecule has 0 bridgehead atoms. The number of sulfonamides is 1. The first-order chi connectivity index (χ1) is 11.4. The predicted octanol–water partition coefficient (Wildman–Crippen LogP) is 3.32. The lowest BCUT2D eigenvalue weighted by atomic mass is 10.1. The van der Waals surface area contributed by atoms with Gasteiger partial charge in [0.15, 0.2) is 0 Å². The second kappa shape index (κ2) is 6.47. The zero-order valence-electron chi connectivity index (χ0n) is 13.3. The number of rotatable bonds is 5.